The Balaban J connectivity index is 1.90. The molecule has 0 amide bonds. The second kappa shape index (κ2) is 8.98. The molecule has 0 aliphatic rings. The minimum absolute atomic E-state index is 0.294. The summed E-state index contributed by atoms with van der Waals surface area (Å²) in [6, 6.07) is 19.1. The van der Waals surface area contributed by atoms with Gasteiger partial charge in [-0.05, 0) is 30.3 Å². The van der Waals surface area contributed by atoms with Crippen LogP contribution in [0.3, 0.4) is 0 Å². The smallest absolute Gasteiger partial charge is 0.203 e. The number of benzene rings is 3. The van der Waals surface area contributed by atoms with Crippen molar-refractivity contribution in [2.45, 2.75) is 0 Å². The van der Waals surface area contributed by atoms with Gasteiger partial charge in [-0.2, -0.15) is 0 Å². The Morgan fingerprint density at radius 3 is 2.00 bits per heavy atom. The van der Waals surface area contributed by atoms with Crippen LogP contribution in [0.2, 0.25) is 0 Å². The summed E-state index contributed by atoms with van der Waals surface area (Å²) in [5.74, 6) is 0.424. The van der Waals surface area contributed by atoms with E-state index >= 15 is 0 Å². The van der Waals surface area contributed by atoms with Crippen molar-refractivity contribution < 1.29 is 23.4 Å². The Hall–Kier alpha value is -4.06. The van der Waals surface area contributed by atoms with Crippen LogP contribution in [0.15, 0.2) is 79.1 Å². The van der Waals surface area contributed by atoms with Crippen LogP contribution in [-0.4, -0.2) is 31.7 Å². The highest BCUT2D eigenvalue weighted by Crippen LogP contribution is 2.39. The van der Waals surface area contributed by atoms with Crippen LogP contribution in [0.1, 0.15) is 15.9 Å². The van der Waals surface area contributed by atoms with Crippen LogP contribution < -0.4 is 14.2 Å². The SMILES string of the molecule is COc1cc(C(=O)c2cn(-c3ccccc3)cc2-c2ccccc2F)cc(OC)c1OC. The average Bonchev–Trinajstić information content (AvgIpc) is 3.28. The Morgan fingerprint density at radius 2 is 1.41 bits per heavy atom. The normalized spacial score (nSPS) is 10.6. The van der Waals surface area contributed by atoms with Gasteiger partial charge in [-0.3, -0.25) is 4.79 Å². The van der Waals surface area contributed by atoms with Crippen molar-refractivity contribution in [1.29, 1.82) is 0 Å². The summed E-state index contributed by atoms with van der Waals surface area (Å²) >= 11 is 0. The van der Waals surface area contributed by atoms with Gasteiger partial charge in [0.05, 0.1) is 21.3 Å². The van der Waals surface area contributed by atoms with E-state index in [0.29, 0.717) is 39.5 Å². The zero-order valence-electron chi connectivity index (χ0n) is 18.0. The van der Waals surface area contributed by atoms with E-state index in [2.05, 4.69) is 0 Å². The summed E-state index contributed by atoms with van der Waals surface area (Å²) in [7, 11) is 4.47. The summed E-state index contributed by atoms with van der Waals surface area (Å²) in [5, 5.41) is 0. The lowest BCUT2D eigenvalue weighted by molar-refractivity contribution is 0.103. The van der Waals surface area contributed by atoms with Gasteiger partial charge in [0.2, 0.25) is 5.75 Å². The number of hydrogen-bond donors (Lipinski definition) is 0. The number of carbonyl (C=O) groups excluding carboxylic acids is 1. The van der Waals surface area contributed by atoms with Crippen LogP contribution in [0.4, 0.5) is 4.39 Å². The molecule has 0 atom stereocenters. The first kappa shape index (κ1) is 21.2. The lowest BCUT2D eigenvalue weighted by Gasteiger charge is -2.14. The minimum Gasteiger partial charge on any atom is -0.493 e. The predicted molar refractivity (Wildman–Crippen MR) is 121 cm³/mol. The summed E-state index contributed by atoms with van der Waals surface area (Å²) in [6.45, 7) is 0. The molecule has 0 radical (unpaired) electrons. The third-order valence-electron chi connectivity index (χ3n) is 5.22. The predicted octanol–water partition coefficient (Wildman–Crippen LogP) is 5.54. The van der Waals surface area contributed by atoms with E-state index in [1.807, 2.05) is 34.9 Å². The number of ether oxygens (including phenoxy) is 3. The van der Waals surface area contributed by atoms with Gasteiger partial charge in [0.15, 0.2) is 17.3 Å². The number of rotatable bonds is 7. The molecule has 4 rings (SSSR count). The fourth-order valence-electron chi connectivity index (χ4n) is 3.65. The van der Waals surface area contributed by atoms with E-state index in [-0.39, 0.29) is 5.78 Å². The standard InChI is InChI=1S/C26H22FNO4/c1-30-23-13-17(14-24(31-2)26(23)32-3)25(29)21-16-28(18-9-5-4-6-10-18)15-20(21)19-11-7-8-12-22(19)27/h4-16H,1-3H3. The maximum Gasteiger partial charge on any atom is 0.203 e. The van der Waals surface area contributed by atoms with E-state index in [4.69, 9.17) is 14.2 Å². The minimum atomic E-state index is -0.405. The van der Waals surface area contributed by atoms with Crippen LogP contribution in [0.5, 0.6) is 17.2 Å². The van der Waals surface area contributed by atoms with Crippen molar-refractivity contribution in [3.05, 3.63) is 96.1 Å². The highest BCUT2D eigenvalue weighted by Gasteiger charge is 2.23. The molecule has 0 aliphatic carbocycles. The Labute approximate surface area is 185 Å². The van der Waals surface area contributed by atoms with Gasteiger partial charge in [-0.15, -0.1) is 0 Å². The lowest BCUT2D eigenvalue weighted by atomic mass is 9.97. The Morgan fingerprint density at radius 1 is 0.781 bits per heavy atom. The first-order valence-corrected chi connectivity index (χ1v) is 9.94. The van der Waals surface area contributed by atoms with Crippen molar-refractivity contribution in [2.24, 2.45) is 0 Å². The van der Waals surface area contributed by atoms with Crippen LogP contribution in [0.25, 0.3) is 16.8 Å². The molecule has 0 fully saturated rings. The molecule has 1 aromatic heterocycles. The summed E-state index contributed by atoms with van der Waals surface area (Å²) in [6.07, 6.45) is 3.47. The molecular weight excluding hydrogens is 409 g/mol. The maximum absolute atomic E-state index is 14.7. The number of methoxy groups -OCH3 is 3. The molecular formula is C26H22FNO4. The fraction of sp³-hybridized carbons (Fsp3) is 0.115. The topological polar surface area (TPSA) is 49.7 Å². The summed E-state index contributed by atoms with van der Waals surface area (Å²) < 4.78 is 32.6. The molecule has 32 heavy (non-hydrogen) atoms. The Bertz CT molecular complexity index is 1240. The number of hydrogen-bond acceptors (Lipinski definition) is 4. The average molecular weight is 431 g/mol. The van der Waals surface area contributed by atoms with Crippen LogP contribution in [0, 0.1) is 5.82 Å². The fourth-order valence-corrected chi connectivity index (χ4v) is 3.65. The molecule has 0 aliphatic heterocycles. The van der Waals surface area contributed by atoms with Crippen LogP contribution >= 0.6 is 0 Å². The number of aromatic nitrogens is 1. The number of para-hydroxylation sites is 1. The number of nitrogens with zero attached hydrogens (tertiary/aromatic N) is 1. The molecule has 3 aromatic carbocycles. The zero-order chi connectivity index (χ0) is 22.7. The second-order valence-electron chi connectivity index (χ2n) is 7.05. The number of halogens is 1. The largest absolute Gasteiger partial charge is 0.493 e. The van der Waals surface area contributed by atoms with Crippen LogP contribution in [-0.2, 0) is 0 Å². The van der Waals surface area contributed by atoms with Gasteiger partial charge in [-0.25, -0.2) is 4.39 Å². The molecule has 0 bridgehead atoms. The summed E-state index contributed by atoms with van der Waals surface area (Å²) in [5.41, 5.74) is 2.38. The van der Waals surface area contributed by atoms with Gasteiger partial charge in [-0.1, -0.05) is 36.4 Å². The van der Waals surface area contributed by atoms with Gasteiger partial charge >= 0.3 is 0 Å². The van der Waals surface area contributed by atoms with Gasteiger partial charge in [0, 0.05) is 40.3 Å². The van der Waals surface area contributed by atoms with E-state index in [1.165, 1.54) is 27.4 Å². The van der Waals surface area contributed by atoms with Gasteiger partial charge < -0.3 is 18.8 Å². The van der Waals surface area contributed by atoms with Crippen molar-refractivity contribution in [1.82, 2.24) is 4.57 Å². The van der Waals surface area contributed by atoms with E-state index < -0.39 is 5.82 Å². The second-order valence-corrected chi connectivity index (χ2v) is 7.05. The number of carbonyl (C=O) groups is 1. The first-order chi connectivity index (χ1) is 15.6. The monoisotopic (exact) mass is 431 g/mol. The van der Waals surface area contributed by atoms with Crippen molar-refractivity contribution in [3.8, 4) is 34.1 Å². The molecule has 4 aromatic rings. The lowest BCUT2D eigenvalue weighted by Crippen LogP contribution is -2.05. The molecule has 6 heteroatoms. The quantitative estimate of drug-likeness (QED) is 0.361. The molecule has 0 unspecified atom stereocenters. The first-order valence-electron chi connectivity index (χ1n) is 9.94. The zero-order valence-corrected chi connectivity index (χ0v) is 18.0. The molecule has 5 nitrogen and oxygen atoms in total. The third kappa shape index (κ3) is 3.83. The molecule has 0 saturated carbocycles. The molecule has 162 valence electrons. The highest BCUT2D eigenvalue weighted by molar-refractivity contribution is 6.13. The highest BCUT2D eigenvalue weighted by atomic mass is 19.1. The summed E-state index contributed by atoms with van der Waals surface area (Å²) in [4.78, 5) is 13.6. The molecule has 1 heterocycles. The van der Waals surface area contributed by atoms with Gasteiger partial charge in [0.25, 0.3) is 0 Å². The van der Waals surface area contributed by atoms with Crippen molar-refractivity contribution in [2.75, 3.05) is 21.3 Å². The van der Waals surface area contributed by atoms with Crippen molar-refractivity contribution >= 4 is 5.78 Å². The van der Waals surface area contributed by atoms with Gasteiger partial charge in [0.1, 0.15) is 5.82 Å². The third-order valence-corrected chi connectivity index (χ3v) is 5.22. The van der Waals surface area contributed by atoms with E-state index in [1.54, 1.807) is 42.7 Å². The van der Waals surface area contributed by atoms with E-state index in [9.17, 15) is 9.18 Å². The van der Waals surface area contributed by atoms with E-state index in [0.717, 1.165) is 5.69 Å². The molecule has 0 spiro atoms. The number of ketones is 1. The van der Waals surface area contributed by atoms with Crippen molar-refractivity contribution in [3.63, 3.8) is 0 Å². The Kier molecular flexibility index (Phi) is 5.94. The molecule has 0 saturated heterocycles. The maximum atomic E-state index is 14.7. The molecule has 0 N–H and O–H groups in total.